The molecule has 2 aromatic carbocycles. The van der Waals surface area contributed by atoms with E-state index in [4.69, 9.17) is 11.6 Å². The van der Waals surface area contributed by atoms with Crippen molar-refractivity contribution in [1.29, 1.82) is 0 Å². The standard InChI is InChI=1S/C18H17Cl/c1-13(14-5-3-2-4-6-14)15-7-8-17-12-18(19)10-9-16(17)11-15/h2-6,9-13H,7-8H2,1H3/t13-/m1/s1. The molecule has 1 heteroatoms. The fourth-order valence-corrected chi connectivity index (χ4v) is 2.97. The topological polar surface area (TPSA) is 0 Å². The van der Waals surface area contributed by atoms with Gasteiger partial charge in [-0.3, -0.25) is 0 Å². The Morgan fingerprint density at radius 3 is 2.58 bits per heavy atom. The smallest absolute Gasteiger partial charge is 0.0409 e. The van der Waals surface area contributed by atoms with Crippen LogP contribution < -0.4 is 0 Å². The molecule has 2 aromatic rings. The average molecular weight is 269 g/mol. The van der Waals surface area contributed by atoms with Gasteiger partial charge in [0.15, 0.2) is 0 Å². The van der Waals surface area contributed by atoms with Gasteiger partial charge >= 0.3 is 0 Å². The van der Waals surface area contributed by atoms with Crippen LogP contribution in [0.4, 0.5) is 0 Å². The van der Waals surface area contributed by atoms with Crippen LogP contribution >= 0.6 is 11.6 Å². The highest BCUT2D eigenvalue weighted by Crippen LogP contribution is 2.34. The zero-order chi connectivity index (χ0) is 13.2. The van der Waals surface area contributed by atoms with E-state index in [0.717, 1.165) is 17.9 Å². The molecule has 0 saturated carbocycles. The molecule has 1 aliphatic rings. The van der Waals surface area contributed by atoms with Gasteiger partial charge in [-0.1, -0.05) is 66.6 Å². The summed E-state index contributed by atoms with van der Waals surface area (Å²) in [4.78, 5) is 0. The minimum atomic E-state index is 0.491. The monoisotopic (exact) mass is 268 g/mol. The van der Waals surface area contributed by atoms with Crippen molar-refractivity contribution >= 4 is 17.7 Å². The van der Waals surface area contributed by atoms with Crippen LogP contribution in [0.25, 0.3) is 6.08 Å². The SMILES string of the molecule is C[C@@H](C1=Cc2ccc(Cl)cc2CC1)c1ccccc1. The molecule has 0 radical (unpaired) electrons. The quantitative estimate of drug-likeness (QED) is 0.677. The first-order chi connectivity index (χ1) is 9.24. The summed E-state index contributed by atoms with van der Waals surface area (Å²) >= 11 is 6.05. The molecule has 0 aromatic heterocycles. The number of benzene rings is 2. The van der Waals surface area contributed by atoms with Crippen molar-refractivity contribution in [3.8, 4) is 0 Å². The summed E-state index contributed by atoms with van der Waals surface area (Å²) in [6.07, 6.45) is 4.56. The van der Waals surface area contributed by atoms with E-state index in [1.165, 1.54) is 22.3 Å². The van der Waals surface area contributed by atoms with E-state index in [1.807, 2.05) is 6.07 Å². The second-order valence-electron chi connectivity index (χ2n) is 5.19. The number of rotatable bonds is 2. The maximum atomic E-state index is 6.05. The Balaban J connectivity index is 1.93. The number of allylic oxidation sites excluding steroid dienone is 1. The van der Waals surface area contributed by atoms with E-state index < -0.39 is 0 Å². The normalized spacial score (nSPS) is 15.6. The van der Waals surface area contributed by atoms with Gasteiger partial charge in [0.05, 0.1) is 0 Å². The summed E-state index contributed by atoms with van der Waals surface area (Å²) in [7, 11) is 0. The molecule has 0 N–H and O–H groups in total. The summed E-state index contributed by atoms with van der Waals surface area (Å²) in [5.41, 5.74) is 5.61. The molecule has 0 unspecified atom stereocenters. The van der Waals surface area contributed by atoms with Crippen molar-refractivity contribution in [2.45, 2.75) is 25.7 Å². The lowest BCUT2D eigenvalue weighted by atomic mass is 9.83. The minimum absolute atomic E-state index is 0.491. The third-order valence-electron chi connectivity index (χ3n) is 3.98. The van der Waals surface area contributed by atoms with Crippen molar-refractivity contribution < 1.29 is 0 Å². The highest BCUT2D eigenvalue weighted by molar-refractivity contribution is 6.30. The predicted octanol–water partition coefficient (Wildman–Crippen LogP) is 5.47. The largest absolute Gasteiger partial charge is 0.0843 e. The molecule has 1 aliphatic carbocycles. The van der Waals surface area contributed by atoms with E-state index in [2.05, 4.69) is 55.5 Å². The maximum absolute atomic E-state index is 6.05. The third-order valence-corrected chi connectivity index (χ3v) is 4.22. The zero-order valence-electron chi connectivity index (χ0n) is 11.1. The summed E-state index contributed by atoms with van der Waals surface area (Å²) in [6.45, 7) is 2.29. The fraction of sp³-hybridized carbons (Fsp3) is 0.222. The number of fused-ring (bicyclic) bond motifs is 1. The number of hydrogen-bond donors (Lipinski definition) is 0. The average Bonchev–Trinajstić information content (AvgIpc) is 2.47. The van der Waals surface area contributed by atoms with Crippen molar-refractivity contribution in [2.24, 2.45) is 0 Å². The van der Waals surface area contributed by atoms with E-state index in [-0.39, 0.29) is 0 Å². The first-order valence-corrected chi connectivity index (χ1v) is 7.15. The van der Waals surface area contributed by atoms with E-state index in [9.17, 15) is 0 Å². The molecule has 0 spiro atoms. The maximum Gasteiger partial charge on any atom is 0.0409 e. The molecule has 0 bridgehead atoms. The van der Waals surface area contributed by atoms with Crippen LogP contribution in [-0.2, 0) is 6.42 Å². The van der Waals surface area contributed by atoms with E-state index >= 15 is 0 Å². The second-order valence-corrected chi connectivity index (χ2v) is 5.63. The Bertz CT molecular complexity index is 611. The Kier molecular flexibility index (Phi) is 3.44. The molecule has 0 nitrogen and oxygen atoms in total. The highest BCUT2D eigenvalue weighted by Gasteiger charge is 2.16. The minimum Gasteiger partial charge on any atom is -0.0843 e. The van der Waals surface area contributed by atoms with Gasteiger partial charge in [-0.05, 0) is 41.7 Å². The Morgan fingerprint density at radius 2 is 1.79 bits per heavy atom. The lowest BCUT2D eigenvalue weighted by molar-refractivity contribution is 0.793. The molecular weight excluding hydrogens is 252 g/mol. The van der Waals surface area contributed by atoms with Gasteiger partial charge in [0.25, 0.3) is 0 Å². The second kappa shape index (κ2) is 5.22. The van der Waals surface area contributed by atoms with E-state index in [0.29, 0.717) is 5.92 Å². The third kappa shape index (κ3) is 2.59. The van der Waals surface area contributed by atoms with Crippen molar-refractivity contribution in [3.05, 3.63) is 75.8 Å². The van der Waals surface area contributed by atoms with Crippen LogP contribution in [0.1, 0.15) is 36.0 Å². The molecular formula is C18H17Cl. The van der Waals surface area contributed by atoms with Crippen LogP contribution in [0.3, 0.4) is 0 Å². The van der Waals surface area contributed by atoms with Crippen LogP contribution in [0, 0.1) is 0 Å². The molecule has 0 heterocycles. The fourth-order valence-electron chi connectivity index (χ4n) is 2.78. The van der Waals surface area contributed by atoms with Gasteiger partial charge in [0.2, 0.25) is 0 Å². The highest BCUT2D eigenvalue weighted by atomic mass is 35.5. The zero-order valence-corrected chi connectivity index (χ0v) is 11.8. The van der Waals surface area contributed by atoms with Gasteiger partial charge in [-0.15, -0.1) is 0 Å². The van der Waals surface area contributed by atoms with E-state index in [1.54, 1.807) is 0 Å². The van der Waals surface area contributed by atoms with Crippen molar-refractivity contribution in [3.63, 3.8) is 0 Å². The number of aryl methyl sites for hydroxylation is 1. The lowest BCUT2D eigenvalue weighted by Gasteiger charge is -2.22. The summed E-state index contributed by atoms with van der Waals surface area (Å²) < 4.78 is 0. The number of halogens is 1. The molecule has 0 fully saturated rings. The molecule has 19 heavy (non-hydrogen) atoms. The van der Waals surface area contributed by atoms with Crippen LogP contribution in [-0.4, -0.2) is 0 Å². The van der Waals surface area contributed by atoms with Crippen LogP contribution in [0.15, 0.2) is 54.1 Å². The molecule has 3 rings (SSSR count). The lowest BCUT2D eigenvalue weighted by Crippen LogP contribution is -2.05. The van der Waals surface area contributed by atoms with Gasteiger partial charge in [-0.2, -0.15) is 0 Å². The Labute approximate surface area is 119 Å². The Morgan fingerprint density at radius 1 is 1.00 bits per heavy atom. The van der Waals surface area contributed by atoms with Gasteiger partial charge in [-0.25, -0.2) is 0 Å². The summed E-state index contributed by atoms with van der Waals surface area (Å²) in [5, 5.41) is 0.840. The first kappa shape index (κ1) is 12.5. The van der Waals surface area contributed by atoms with Gasteiger partial charge in [0, 0.05) is 10.9 Å². The predicted molar refractivity (Wildman–Crippen MR) is 82.6 cm³/mol. The summed E-state index contributed by atoms with van der Waals surface area (Å²) in [6, 6.07) is 16.9. The van der Waals surface area contributed by atoms with Crippen LogP contribution in [0.5, 0.6) is 0 Å². The van der Waals surface area contributed by atoms with Crippen molar-refractivity contribution in [1.82, 2.24) is 0 Å². The molecule has 0 amide bonds. The first-order valence-electron chi connectivity index (χ1n) is 6.78. The molecule has 0 aliphatic heterocycles. The van der Waals surface area contributed by atoms with Crippen LogP contribution in [0.2, 0.25) is 5.02 Å². The molecule has 0 saturated heterocycles. The van der Waals surface area contributed by atoms with Gasteiger partial charge < -0.3 is 0 Å². The molecule has 1 atom stereocenters. The Hall–Kier alpha value is -1.53. The van der Waals surface area contributed by atoms with Crippen molar-refractivity contribution in [2.75, 3.05) is 0 Å². The summed E-state index contributed by atoms with van der Waals surface area (Å²) in [5.74, 6) is 0.491. The van der Waals surface area contributed by atoms with Gasteiger partial charge in [0.1, 0.15) is 0 Å². The molecule has 96 valence electrons. The number of hydrogen-bond acceptors (Lipinski definition) is 0.